The van der Waals surface area contributed by atoms with E-state index in [1.54, 1.807) is 0 Å². The van der Waals surface area contributed by atoms with E-state index >= 15 is 0 Å². The topological polar surface area (TPSA) is 46.0 Å². The Bertz CT molecular complexity index is 458. The number of nitrogens with zero attached hydrogens (tertiary/aromatic N) is 2. The molecule has 0 spiro atoms. The van der Waals surface area contributed by atoms with Gasteiger partial charge in [0, 0.05) is 17.7 Å². The van der Waals surface area contributed by atoms with E-state index in [2.05, 4.69) is 9.97 Å². The zero-order valence-electron chi connectivity index (χ0n) is 7.78. The summed E-state index contributed by atoms with van der Waals surface area (Å²) in [5.41, 5.74) is 0.307. The van der Waals surface area contributed by atoms with Crippen molar-refractivity contribution in [2.75, 3.05) is 0 Å². The van der Waals surface area contributed by atoms with Crippen molar-refractivity contribution >= 4 is 23.2 Å². The van der Waals surface area contributed by atoms with Gasteiger partial charge in [0.25, 0.3) is 0 Å². The van der Waals surface area contributed by atoms with Crippen molar-refractivity contribution in [3.8, 4) is 17.1 Å². The molecule has 0 radical (unpaired) electrons. The molecule has 0 aliphatic rings. The number of hydrogen-bond acceptors (Lipinski definition) is 3. The van der Waals surface area contributed by atoms with E-state index in [0.717, 1.165) is 6.07 Å². The number of hydrogen-bond donors (Lipinski definition) is 1. The Morgan fingerprint density at radius 2 is 1.62 bits per heavy atom. The highest BCUT2D eigenvalue weighted by molar-refractivity contribution is 6.33. The van der Waals surface area contributed by atoms with Gasteiger partial charge in [-0.3, -0.25) is 0 Å². The number of benzene rings is 1. The van der Waals surface area contributed by atoms with Crippen LogP contribution in [0.2, 0.25) is 10.3 Å². The van der Waals surface area contributed by atoms with E-state index in [0.29, 0.717) is 5.56 Å². The van der Waals surface area contributed by atoms with E-state index in [4.69, 9.17) is 23.2 Å². The highest BCUT2D eigenvalue weighted by Gasteiger charge is 2.07. The van der Waals surface area contributed by atoms with Crippen molar-refractivity contribution < 1.29 is 9.50 Å². The number of phenols is 1. The maximum atomic E-state index is 13.0. The molecular formula is C10H5Cl2FN2O. The zero-order chi connectivity index (χ0) is 11.7. The van der Waals surface area contributed by atoms with Gasteiger partial charge in [-0.05, 0) is 12.1 Å². The molecule has 82 valence electrons. The maximum absolute atomic E-state index is 13.0. The van der Waals surface area contributed by atoms with Gasteiger partial charge >= 0.3 is 0 Å². The fraction of sp³-hybridized carbons (Fsp3) is 0. The Kier molecular flexibility index (Phi) is 2.94. The van der Waals surface area contributed by atoms with Gasteiger partial charge in [0.05, 0.1) is 0 Å². The van der Waals surface area contributed by atoms with Gasteiger partial charge in [-0.25, -0.2) is 14.4 Å². The van der Waals surface area contributed by atoms with Crippen molar-refractivity contribution in [1.29, 1.82) is 0 Å². The molecule has 6 heteroatoms. The van der Waals surface area contributed by atoms with E-state index < -0.39 is 5.82 Å². The molecule has 0 bridgehead atoms. The molecule has 0 unspecified atom stereocenters. The van der Waals surface area contributed by atoms with Gasteiger partial charge in [0.2, 0.25) is 0 Å². The predicted molar refractivity (Wildman–Crippen MR) is 59.1 cm³/mol. The average molecular weight is 259 g/mol. The van der Waals surface area contributed by atoms with Gasteiger partial charge in [-0.2, -0.15) is 0 Å². The van der Waals surface area contributed by atoms with Crippen LogP contribution in [-0.4, -0.2) is 15.1 Å². The first-order valence-electron chi connectivity index (χ1n) is 4.24. The van der Waals surface area contributed by atoms with E-state index in [-0.39, 0.29) is 21.9 Å². The Balaban J connectivity index is 2.57. The molecule has 0 saturated heterocycles. The molecule has 3 nitrogen and oxygen atoms in total. The van der Waals surface area contributed by atoms with Gasteiger partial charge in [0.1, 0.15) is 21.9 Å². The molecule has 2 aromatic rings. The van der Waals surface area contributed by atoms with Crippen LogP contribution in [0.4, 0.5) is 4.39 Å². The second-order valence-corrected chi connectivity index (χ2v) is 3.81. The summed E-state index contributed by atoms with van der Waals surface area (Å²) in [5, 5.41) is 9.54. The lowest BCUT2D eigenvalue weighted by Gasteiger charge is -2.02. The second-order valence-electron chi connectivity index (χ2n) is 3.04. The summed E-state index contributed by atoms with van der Waals surface area (Å²) in [6.45, 7) is 0. The Labute approximate surface area is 100 Å². The third kappa shape index (κ3) is 2.40. The quantitative estimate of drug-likeness (QED) is 0.799. The van der Waals surface area contributed by atoms with Crippen molar-refractivity contribution in [2.45, 2.75) is 0 Å². The summed E-state index contributed by atoms with van der Waals surface area (Å²) in [6.07, 6.45) is 0. The summed E-state index contributed by atoms with van der Waals surface area (Å²) in [6, 6.07) is 4.86. The molecule has 1 heterocycles. The third-order valence-electron chi connectivity index (χ3n) is 1.80. The molecule has 0 fully saturated rings. The first-order valence-corrected chi connectivity index (χ1v) is 5.00. The van der Waals surface area contributed by atoms with Crippen molar-refractivity contribution in [3.05, 3.63) is 40.4 Å². The molecule has 1 aromatic heterocycles. The lowest BCUT2D eigenvalue weighted by molar-refractivity contribution is 0.469. The van der Waals surface area contributed by atoms with Crippen LogP contribution >= 0.6 is 23.2 Å². The summed E-state index contributed by atoms with van der Waals surface area (Å²) in [7, 11) is 0. The molecule has 1 aromatic carbocycles. The maximum Gasteiger partial charge on any atom is 0.162 e. The second kappa shape index (κ2) is 4.23. The Hall–Kier alpha value is -1.39. The van der Waals surface area contributed by atoms with Crippen molar-refractivity contribution in [3.63, 3.8) is 0 Å². The lowest BCUT2D eigenvalue weighted by Crippen LogP contribution is -1.90. The number of aromatic nitrogens is 2. The summed E-state index contributed by atoms with van der Waals surface area (Å²) in [4.78, 5) is 7.76. The van der Waals surface area contributed by atoms with Crippen LogP contribution in [0.3, 0.4) is 0 Å². The minimum atomic E-state index is -0.588. The first kappa shape index (κ1) is 11.1. The van der Waals surface area contributed by atoms with E-state index in [1.165, 1.54) is 18.2 Å². The molecule has 16 heavy (non-hydrogen) atoms. The molecule has 1 N–H and O–H groups in total. The van der Waals surface area contributed by atoms with Crippen LogP contribution in [-0.2, 0) is 0 Å². The highest BCUT2D eigenvalue weighted by atomic mass is 35.5. The van der Waals surface area contributed by atoms with E-state index in [1.807, 2.05) is 0 Å². The number of aromatic hydroxyl groups is 1. The largest absolute Gasteiger partial charge is 0.508 e. The van der Waals surface area contributed by atoms with Gasteiger partial charge in [0.15, 0.2) is 5.82 Å². The monoisotopic (exact) mass is 258 g/mol. The molecule has 0 aliphatic heterocycles. The third-order valence-corrected chi connectivity index (χ3v) is 2.19. The van der Waals surface area contributed by atoms with Crippen LogP contribution in [0, 0.1) is 5.82 Å². The lowest BCUT2D eigenvalue weighted by atomic mass is 10.2. The SMILES string of the molecule is Oc1cc(F)cc(-c2nc(Cl)cc(Cl)n2)c1. The Morgan fingerprint density at radius 1 is 1.00 bits per heavy atom. The van der Waals surface area contributed by atoms with Crippen molar-refractivity contribution in [2.24, 2.45) is 0 Å². The minimum Gasteiger partial charge on any atom is -0.508 e. The predicted octanol–water partition coefficient (Wildman–Crippen LogP) is 3.30. The van der Waals surface area contributed by atoms with Gasteiger partial charge < -0.3 is 5.11 Å². The standard InChI is InChI=1S/C10H5Cl2FN2O/c11-8-4-9(12)15-10(14-8)5-1-6(13)3-7(16)2-5/h1-4,16H. The van der Waals surface area contributed by atoms with Crippen molar-refractivity contribution in [1.82, 2.24) is 9.97 Å². The van der Waals surface area contributed by atoms with Crippen LogP contribution in [0.1, 0.15) is 0 Å². The normalized spacial score (nSPS) is 10.4. The van der Waals surface area contributed by atoms with Crippen LogP contribution in [0.25, 0.3) is 11.4 Å². The average Bonchev–Trinajstić information content (AvgIpc) is 2.14. The van der Waals surface area contributed by atoms with Gasteiger partial charge in [-0.15, -0.1) is 0 Å². The molecule has 0 aliphatic carbocycles. The molecule has 0 amide bonds. The smallest absolute Gasteiger partial charge is 0.162 e. The summed E-state index contributed by atoms with van der Waals surface area (Å²) < 4.78 is 13.0. The van der Waals surface area contributed by atoms with Crippen LogP contribution < -0.4 is 0 Å². The van der Waals surface area contributed by atoms with Gasteiger partial charge in [-0.1, -0.05) is 23.2 Å². The number of phenolic OH excluding ortho intramolecular Hbond substituents is 1. The minimum absolute atomic E-state index is 0.152. The number of rotatable bonds is 1. The molecule has 2 rings (SSSR count). The zero-order valence-corrected chi connectivity index (χ0v) is 9.30. The molecule has 0 atom stereocenters. The summed E-state index contributed by atoms with van der Waals surface area (Å²) in [5.74, 6) is -0.642. The summed E-state index contributed by atoms with van der Waals surface area (Å²) >= 11 is 11.4. The molecule has 0 saturated carbocycles. The Morgan fingerprint density at radius 3 is 2.19 bits per heavy atom. The fourth-order valence-electron chi connectivity index (χ4n) is 1.22. The molecular weight excluding hydrogens is 254 g/mol. The fourth-order valence-corrected chi connectivity index (χ4v) is 1.65. The van der Waals surface area contributed by atoms with E-state index in [9.17, 15) is 9.50 Å². The highest BCUT2D eigenvalue weighted by Crippen LogP contribution is 2.24. The first-order chi connectivity index (χ1) is 7.54. The van der Waals surface area contributed by atoms with Crippen LogP contribution in [0.5, 0.6) is 5.75 Å². The number of halogens is 3. The van der Waals surface area contributed by atoms with Crippen LogP contribution in [0.15, 0.2) is 24.3 Å².